The Labute approximate surface area is 182 Å². The maximum Gasteiger partial charge on any atom is 0.173 e. The van der Waals surface area contributed by atoms with Gasteiger partial charge >= 0.3 is 0 Å². The van der Waals surface area contributed by atoms with Gasteiger partial charge in [-0.25, -0.2) is 8.78 Å². The van der Waals surface area contributed by atoms with Crippen LogP contribution < -0.4 is 0 Å². The number of hydrogen-bond acceptors (Lipinski definition) is 2. The summed E-state index contributed by atoms with van der Waals surface area (Å²) in [5, 5.41) is 0.280. The molecular formula is C20H21Br3F2O2. The van der Waals surface area contributed by atoms with Gasteiger partial charge in [-0.3, -0.25) is 9.59 Å². The fourth-order valence-corrected chi connectivity index (χ4v) is 2.48. The fourth-order valence-electron chi connectivity index (χ4n) is 2.16. The van der Waals surface area contributed by atoms with E-state index in [4.69, 9.17) is 0 Å². The highest BCUT2D eigenvalue weighted by molar-refractivity contribution is 9.93. The van der Waals surface area contributed by atoms with Crippen molar-refractivity contribution in [2.75, 3.05) is 5.33 Å². The van der Waals surface area contributed by atoms with Crippen LogP contribution in [0.2, 0.25) is 0 Å². The van der Waals surface area contributed by atoms with Gasteiger partial charge in [0.1, 0.15) is 11.6 Å². The predicted molar refractivity (Wildman–Crippen MR) is 118 cm³/mol. The number of ketones is 2. The molecule has 0 aromatic heterocycles. The minimum Gasteiger partial charge on any atom is -0.295 e. The Morgan fingerprint density at radius 1 is 0.852 bits per heavy atom. The van der Waals surface area contributed by atoms with Gasteiger partial charge in [-0.05, 0) is 67.3 Å². The van der Waals surface area contributed by atoms with Crippen molar-refractivity contribution in [1.82, 2.24) is 0 Å². The van der Waals surface area contributed by atoms with Gasteiger partial charge in [0.2, 0.25) is 0 Å². The van der Waals surface area contributed by atoms with Crippen molar-refractivity contribution < 1.29 is 18.4 Å². The van der Waals surface area contributed by atoms with E-state index in [1.807, 2.05) is 13.8 Å². The molecule has 27 heavy (non-hydrogen) atoms. The summed E-state index contributed by atoms with van der Waals surface area (Å²) < 4.78 is 25.9. The van der Waals surface area contributed by atoms with E-state index in [-0.39, 0.29) is 28.5 Å². The third-order valence-electron chi connectivity index (χ3n) is 3.70. The van der Waals surface area contributed by atoms with Crippen LogP contribution in [-0.2, 0) is 12.8 Å². The molecule has 2 aromatic carbocycles. The van der Waals surface area contributed by atoms with E-state index in [2.05, 4.69) is 44.2 Å². The lowest BCUT2D eigenvalue weighted by atomic mass is 10.1. The minimum atomic E-state index is -0.242. The molecule has 0 atom stereocenters. The predicted octanol–water partition coefficient (Wildman–Crippen LogP) is 7.25. The van der Waals surface area contributed by atoms with Crippen molar-refractivity contribution in [3.8, 4) is 0 Å². The van der Waals surface area contributed by atoms with Crippen LogP contribution in [0.5, 0.6) is 0 Å². The first kappa shape index (κ1) is 26.1. The quantitative estimate of drug-likeness (QED) is 0.280. The molecule has 0 radical (unpaired) electrons. The average molecular weight is 571 g/mol. The van der Waals surface area contributed by atoms with Gasteiger partial charge in [0.25, 0.3) is 0 Å². The largest absolute Gasteiger partial charge is 0.295 e. The second-order valence-corrected chi connectivity index (χ2v) is 5.99. The van der Waals surface area contributed by atoms with Crippen LogP contribution >= 0.6 is 44.2 Å². The molecule has 0 aliphatic carbocycles. The van der Waals surface area contributed by atoms with E-state index in [9.17, 15) is 18.4 Å². The smallest absolute Gasteiger partial charge is 0.173 e. The number of aryl methyl sites for hydroxylation is 2. The van der Waals surface area contributed by atoms with Crippen LogP contribution in [-0.4, -0.2) is 16.9 Å². The summed E-state index contributed by atoms with van der Waals surface area (Å²) in [7, 11) is 0. The Kier molecular flexibility index (Phi) is 13.6. The van der Waals surface area contributed by atoms with Gasteiger partial charge in [0.05, 0.1) is 5.33 Å². The zero-order chi connectivity index (χ0) is 21.0. The number of halogens is 5. The summed E-state index contributed by atoms with van der Waals surface area (Å²) in [4.78, 5) is 22.1. The Hall–Kier alpha value is -0.920. The van der Waals surface area contributed by atoms with Crippen LogP contribution in [0.3, 0.4) is 0 Å². The third kappa shape index (κ3) is 8.75. The standard InChI is InChI=1S/C10H10BrFO.C10H11FO.Br2/c1-2-7-5-8(10(13)6-11)3-4-9(7)12;1-3-8-6-9(7(2)12)4-5-10(8)11;1-2/h3-5H,2,6H2,1H3;4-6H,3H2,1-2H3;. The zero-order valence-electron chi connectivity index (χ0n) is 15.3. The summed E-state index contributed by atoms with van der Waals surface area (Å²) in [5.41, 5.74) is 2.33. The highest BCUT2D eigenvalue weighted by Crippen LogP contribution is 2.13. The average Bonchev–Trinajstić information content (AvgIpc) is 2.70. The number of Topliss-reactive ketones (excluding diaryl/α,β-unsaturated/α-hetero) is 2. The summed E-state index contributed by atoms with van der Waals surface area (Å²) in [6.45, 7) is 5.20. The Bertz CT molecular complexity index is 765. The Balaban J connectivity index is 0.000000460. The highest BCUT2D eigenvalue weighted by Gasteiger charge is 2.07. The van der Waals surface area contributed by atoms with Gasteiger partial charge < -0.3 is 0 Å². The van der Waals surface area contributed by atoms with E-state index in [0.29, 0.717) is 35.1 Å². The van der Waals surface area contributed by atoms with Crippen LogP contribution in [0.4, 0.5) is 8.78 Å². The van der Waals surface area contributed by atoms with Crippen LogP contribution in [0.15, 0.2) is 36.4 Å². The molecule has 2 aromatic rings. The second-order valence-electron chi connectivity index (χ2n) is 5.43. The molecule has 0 amide bonds. The Morgan fingerprint density at radius 2 is 1.26 bits per heavy atom. The summed E-state index contributed by atoms with van der Waals surface area (Å²) in [5.74, 6) is -0.518. The highest BCUT2D eigenvalue weighted by atomic mass is 80.9. The summed E-state index contributed by atoms with van der Waals surface area (Å²) in [6, 6.07) is 8.93. The molecule has 148 valence electrons. The molecule has 0 aliphatic heterocycles. The van der Waals surface area contributed by atoms with E-state index in [1.165, 1.54) is 31.2 Å². The first-order chi connectivity index (χ1) is 12.8. The SMILES string of the molecule is BrBr.CCc1cc(C(=O)CBr)ccc1F.CCc1cc(C(C)=O)ccc1F. The van der Waals surface area contributed by atoms with Gasteiger partial charge in [-0.2, -0.15) is 0 Å². The lowest BCUT2D eigenvalue weighted by Crippen LogP contribution is -2.01. The lowest BCUT2D eigenvalue weighted by Gasteiger charge is -2.02. The number of alkyl halides is 1. The molecule has 2 rings (SSSR count). The molecule has 7 heteroatoms. The van der Waals surface area contributed by atoms with Crippen LogP contribution in [0.25, 0.3) is 0 Å². The van der Waals surface area contributed by atoms with Crippen molar-refractivity contribution in [2.24, 2.45) is 0 Å². The van der Waals surface area contributed by atoms with E-state index < -0.39 is 0 Å². The topological polar surface area (TPSA) is 34.1 Å². The summed E-state index contributed by atoms with van der Waals surface area (Å²) in [6.07, 6.45) is 1.22. The minimum absolute atomic E-state index is 0.0188. The molecule has 0 aliphatic rings. The van der Waals surface area contributed by atoms with Gasteiger partial charge in [0, 0.05) is 39.4 Å². The zero-order valence-corrected chi connectivity index (χ0v) is 20.0. The summed E-state index contributed by atoms with van der Waals surface area (Å²) >= 11 is 8.57. The maximum absolute atomic E-state index is 13.0. The molecule has 0 unspecified atom stereocenters. The van der Waals surface area contributed by atoms with Gasteiger partial charge in [-0.15, -0.1) is 0 Å². The molecule has 0 N–H and O–H groups in total. The molecule has 0 spiro atoms. The lowest BCUT2D eigenvalue weighted by molar-refractivity contribution is 0.101. The number of carbonyl (C=O) groups excluding carboxylic acids is 2. The molecular weight excluding hydrogens is 550 g/mol. The monoisotopic (exact) mass is 568 g/mol. The molecule has 0 heterocycles. The van der Waals surface area contributed by atoms with Crippen LogP contribution in [0.1, 0.15) is 52.6 Å². The number of benzene rings is 2. The second kappa shape index (κ2) is 14.1. The molecule has 0 saturated carbocycles. The molecule has 2 nitrogen and oxygen atoms in total. The van der Waals surface area contributed by atoms with Crippen molar-refractivity contribution in [3.05, 3.63) is 70.3 Å². The number of hydrogen-bond donors (Lipinski definition) is 0. The first-order valence-electron chi connectivity index (χ1n) is 8.15. The van der Waals surface area contributed by atoms with Crippen LogP contribution in [0, 0.1) is 11.6 Å². The van der Waals surface area contributed by atoms with E-state index in [1.54, 1.807) is 12.1 Å². The Morgan fingerprint density at radius 3 is 1.63 bits per heavy atom. The number of carbonyl (C=O) groups is 2. The third-order valence-corrected chi connectivity index (χ3v) is 4.21. The fraction of sp³-hybridized carbons (Fsp3) is 0.300. The molecule has 0 fully saturated rings. The van der Waals surface area contributed by atoms with Gasteiger partial charge in [0.15, 0.2) is 11.6 Å². The van der Waals surface area contributed by atoms with E-state index in [0.717, 1.165) is 0 Å². The van der Waals surface area contributed by atoms with Crippen molar-refractivity contribution >= 4 is 55.8 Å². The van der Waals surface area contributed by atoms with Crippen molar-refractivity contribution in [2.45, 2.75) is 33.6 Å². The van der Waals surface area contributed by atoms with Crippen molar-refractivity contribution in [3.63, 3.8) is 0 Å². The number of rotatable bonds is 5. The van der Waals surface area contributed by atoms with Crippen molar-refractivity contribution in [1.29, 1.82) is 0 Å². The normalized spacial score (nSPS) is 9.48. The van der Waals surface area contributed by atoms with E-state index >= 15 is 0 Å². The molecule has 0 saturated heterocycles. The molecule has 0 bridgehead atoms. The van der Waals surface area contributed by atoms with Gasteiger partial charge in [-0.1, -0.05) is 29.8 Å². The maximum atomic E-state index is 13.0. The first-order valence-corrected chi connectivity index (χ1v) is 13.0.